The minimum Gasteiger partial charge on any atom is -0.342 e. The minimum absolute atomic E-state index is 0.210. The van der Waals surface area contributed by atoms with Crippen LogP contribution in [0.25, 0.3) is 11.0 Å². The molecule has 0 unspecified atom stereocenters. The van der Waals surface area contributed by atoms with E-state index >= 15 is 0 Å². The molecular formula is C26H30FN3O. The summed E-state index contributed by atoms with van der Waals surface area (Å²) in [4.78, 5) is 20.0. The number of halogens is 1. The lowest BCUT2D eigenvalue weighted by Crippen LogP contribution is -2.42. The lowest BCUT2D eigenvalue weighted by Gasteiger charge is -2.35. The van der Waals surface area contributed by atoms with E-state index in [0.717, 1.165) is 61.2 Å². The number of benzene rings is 2. The van der Waals surface area contributed by atoms with Crippen molar-refractivity contribution in [1.82, 2.24) is 14.5 Å². The fraction of sp³-hybridized carbons (Fsp3) is 0.462. The first-order valence-corrected chi connectivity index (χ1v) is 11.7. The molecule has 0 bridgehead atoms. The van der Waals surface area contributed by atoms with Crippen LogP contribution in [0.4, 0.5) is 4.39 Å². The van der Waals surface area contributed by atoms with Crippen LogP contribution in [0.2, 0.25) is 0 Å². The first-order valence-electron chi connectivity index (χ1n) is 11.7. The predicted molar refractivity (Wildman–Crippen MR) is 120 cm³/mol. The highest BCUT2D eigenvalue weighted by atomic mass is 19.1. The summed E-state index contributed by atoms with van der Waals surface area (Å²) in [6.45, 7) is 2.22. The van der Waals surface area contributed by atoms with Crippen molar-refractivity contribution >= 4 is 16.9 Å². The van der Waals surface area contributed by atoms with E-state index in [1.807, 2.05) is 24.3 Å². The third-order valence-electron chi connectivity index (χ3n) is 7.04. The smallest absolute Gasteiger partial charge is 0.225 e. The van der Waals surface area contributed by atoms with Gasteiger partial charge in [0.05, 0.1) is 11.0 Å². The number of amides is 1. The standard InChI is InChI=1S/C26H30FN3O/c27-22-10-6-7-19(17-22)18-30-24-12-5-4-11-23(24)28-25(30)20-13-15-29(16-14-20)26(31)21-8-2-1-3-9-21/h4-7,10-12,17,20-21H,1-3,8-9,13-16,18H2. The molecule has 2 fully saturated rings. The third-order valence-corrected chi connectivity index (χ3v) is 7.04. The quantitative estimate of drug-likeness (QED) is 0.559. The van der Waals surface area contributed by atoms with Crippen molar-refractivity contribution in [2.75, 3.05) is 13.1 Å². The molecule has 2 heterocycles. The van der Waals surface area contributed by atoms with Crippen LogP contribution in [-0.4, -0.2) is 33.4 Å². The van der Waals surface area contributed by atoms with Crippen LogP contribution in [0.1, 0.15) is 62.3 Å². The number of likely N-dealkylation sites (tertiary alicyclic amines) is 1. The molecule has 0 radical (unpaired) electrons. The molecule has 0 atom stereocenters. The van der Waals surface area contributed by atoms with Crippen LogP contribution < -0.4 is 0 Å². The number of nitrogens with zero attached hydrogens (tertiary/aromatic N) is 3. The van der Waals surface area contributed by atoms with Crippen molar-refractivity contribution in [2.24, 2.45) is 5.92 Å². The molecule has 1 aromatic heterocycles. The fourth-order valence-corrected chi connectivity index (χ4v) is 5.36. The van der Waals surface area contributed by atoms with Crippen LogP contribution in [0.15, 0.2) is 48.5 Å². The Bertz CT molecular complexity index is 1060. The molecule has 5 rings (SSSR count). The number of rotatable bonds is 4. The highest BCUT2D eigenvalue weighted by Crippen LogP contribution is 2.33. The topological polar surface area (TPSA) is 38.1 Å². The first-order chi connectivity index (χ1) is 15.2. The summed E-state index contributed by atoms with van der Waals surface area (Å²) in [6.07, 6.45) is 7.64. The Morgan fingerprint density at radius 1 is 0.968 bits per heavy atom. The highest BCUT2D eigenvalue weighted by molar-refractivity contribution is 5.79. The summed E-state index contributed by atoms with van der Waals surface area (Å²) >= 11 is 0. The Hall–Kier alpha value is -2.69. The molecule has 5 heteroatoms. The first kappa shape index (κ1) is 20.2. The van der Waals surface area contributed by atoms with Gasteiger partial charge in [-0.05, 0) is 55.5 Å². The van der Waals surface area contributed by atoms with E-state index in [1.165, 1.54) is 25.3 Å². The normalized spacial score (nSPS) is 18.5. The zero-order valence-electron chi connectivity index (χ0n) is 18.0. The number of hydrogen-bond acceptors (Lipinski definition) is 2. The molecule has 4 nitrogen and oxygen atoms in total. The largest absolute Gasteiger partial charge is 0.342 e. The van der Waals surface area contributed by atoms with Crippen molar-refractivity contribution in [3.63, 3.8) is 0 Å². The van der Waals surface area contributed by atoms with Gasteiger partial charge in [0.1, 0.15) is 11.6 Å². The van der Waals surface area contributed by atoms with E-state index in [2.05, 4.69) is 15.5 Å². The van der Waals surface area contributed by atoms with Crippen molar-refractivity contribution in [3.05, 3.63) is 65.7 Å². The van der Waals surface area contributed by atoms with Crippen LogP contribution in [0, 0.1) is 11.7 Å². The molecule has 1 aliphatic carbocycles. The number of hydrogen-bond donors (Lipinski definition) is 0. The summed E-state index contributed by atoms with van der Waals surface area (Å²) in [5.74, 6) is 1.78. The molecule has 2 aromatic carbocycles. The van der Waals surface area contributed by atoms with E-state index in [-0.39, 0.29) is 11.7 Å². The summed E-state index contributed by atoms with van der Waals surface area (Å²) < 4.78 is 16.0. The Kier molecular flexibility index (Phi) is 5.75. The SMILES string of the molecule is O=C(C1CCCCC1)N1CCC(c2nc3ccccc3n2Cc2cccc(F)c2)CC1. The molecule has 3 aromatic rings. The maximum Gasteiger partial charge on any atom is 0.225 e. The van der Waals surface area contributed by atoms with E-state index in [1.54, 1.807) is 12.1 Å². The number of imidazole rings is 1. The Morgan fingerprint density at radius 2 is 1.74 bits per heavy atom. The fourth-order valence-electron chi connectivity index (χ4n) is 5.36. The molecule has 0 spiro atoms. The van der Waals surface area contributed by atoms with Gasteiger partial charge >= 0.3 is 0 Å². The summed E-state index contributed by atoms with van der Waals surface area (Å²) in [7, 11) is 0. The van der Waals surface area contributed by atoms with Gasteiger partial charge in [-0.2, -0.15) is 0 Å². The van der Waals surface area contributed by atoms with Crippen LogP contribution >= 0.6 is 0 Å². The molecular weight excluding hydrogens is 389 g/mol. The molecule has 162 valence electrons. The van der Waals surface area contributed by atoms with Gasteiger partial charge in [0.25, 0.3) is 0 Å². The third kappa shape index (κ3) is 4.23. The molecule has 31 heavy (non-hydrogen) atoms. The van der Waals surface area contributed by atoms with E-state index in [0.29, 0.717) is 18.4 Å². The van der Waals surface area contributed by atoms with Gasteiger partial charge in [-0.25, -0.2) is 9.37 Å². The number of carbonyl (C=O) groups is 1. The number of aromatic nitrogens is 2. The summed E-state index contributed by atoms with van der Waals surface area (Å²) in [6, 6.07) is 15.0. The monoisotopic (exact) mass is 419 g/mol. The van der Waals surface area contributed by atoms with Crippen molar-refractivity contribution in [2.45, 2.75) is 57.4 Å². The number of piperidine rings is 1. The molecule has 1 saturated heterocycles. The molecule has 2 aliphatic rings. The van der Waals surface area contributed by atoms with Gasteiger partial charge in [-0.15, -0.1) is 0 Å². The molecule has 1 aliphatic heterocycles. The second-order valence-corrected chi connectivity index (χ2v) is 9.11. The lowest BCUT2D eigenvalue weighted by molar-refractivity contribution is -0.137. The van der Waals surface area contributed by atoms with Gasteiger partial charge in [0.15, 0.2) is 0 Å². The second-order valence-electron chi connectivity index (χ2n) is 9.11. The van der Waals surface area contributed by atoms with Gasteiger partial charge in [-0.3, -0.25) is 4.79 Å². The molecule has 0 N–H and O–H groups in total. The molecule has 1 saturated carbocycles. The maximum atomic E-state index is 13.8. The zero-order chi connectivity index (χ0) is 21.2. The second kappa shape index (κ2) is 8.81. The van der Waals surface area contributed by atoms with E-state index < -0.39 is 0 Å². The van der Waals surface area contributed by atoms with E-state index in [4.69, 9.17) is 4.98 Å². The van der Waals surface area contributed by atoms with Gasteiger partial charge in [-0.1, -0.05) is 43.5 Å². The predicted octanol–water partition coefficient (Wildman–Crippen LogP) is 5.51. The zero-order valence-corrected chi connectivity index (χ0v) is 18.0. The number of fused-ring (bicyclic) bond motifs is 1. The molecule has 1 amide bonds. The van der Waals surface area contributed by atoms with Crippen LogP contribution in [0.5, 0.6) is 0 Å². The summed E-state index contributed by atoms with van der Waals surface area (Å²) in [5.41, 5.74) is 3.01. The van der Waals surface area contributed by atoms with Crippen molar-refractivity contribution in [3.8, 4) is 0 Å². The Morgan fingerprint density at radius 3 is 2.52 bits per heavy atom. The average Bonchev–Trinajstić information content (AvgIpc) is 3.18. The van der Waals surface area contributed by atoms with E-state index in [9.17, 15) is 9.18 Å². The van der Waals surface area contributed by atoms with Gasteiger partial charge < -0.3 is 9.47 Å². The lowest BCUT2D eigenvalue weighted by atomic mass is 9.87. The minimum atomic E-state index is -0.210. The number of para-hydroxylation sites is 2. The highest BCUT2D eigenvalue weighted by Gasteiger charge is 2.31. The Balaban J connectivity index is 1.36. The number of carbonyl (C=O) groups excluding carboxylic acids is 1. The average molecular weight is 420 g/mol. The van der Waals surface area contributed by atoms with Crippen LogP contribution in [-0.2, 0) is 11.3 Å². The van der Waals surface area contributed by atoms with Gasteiger partial charge in [0.2, 0.25) is 5.91 Å². The van der Waals surface area contributed by atoms with Crippen molar-refractivity contribution in [1.29, 1.82) is 0 Å². The van der Waals surface area contributed by atoms with Gasteiger partial charge in [0, 0.05) is 31.5 Å². The maximum absolute atomic E-state index is 13.8. The Labute approximate surface area is 183 Å². The van der Waals surface area contributed by atoms with Crippen LogP contribution in [0.3, 0.4) is 0 Å². The summed E-state index contributed by atoms with van der Waals surface area (Å²) in [5, 5.41) is 0. The van der Waals surface area contributed by atoms with Crippen molar-refractivity contribution < 1.29 is 9.18 Å².